The van der Waals surface area contributed by atoms with E-state index in [2.05, 4.69) is 10.4 Å². The van der Waals surface area contributed by atoms with Crippen molar-refractivity contribution in [1.29, 1.82) is 0 Å². The number of nitrogens with one attached hydrogen (secondary N) is 1. The molecule has 1 amide bonds. The summed E-state index contributed by atoms with van der Waals surface area (Å²) in [5.74, 6) is 0.135. The fourth-order valence-electron chi connectivity index (χ4n) is 2.71. The Hall–Kier alpha value is -3.03. The molecule has 8 nitrogen and oxygen atoms in total. The van der Waals surface area contributed by atoms with Gasteiger partial charge in [-0.3, -0.25) is 14.3 Å². The zero-order valence-electron chi connectivity index (χ0n) is 13.8. The lowest BCUT2D eigenvalue weighted by atomic mass is 9.95. The van der Waals surface area contributed by atoms with Crippen LogP contribution in [0.3, 0.4) is 0 Å². The highest BCUT2D eigenvalue weighted by Crippen LogP contribution is 2.36. The number of hydrogen-bond donors (Lipinski definition) is 2. The normalized spacial score (nSPS) is 15.8. The Labute approximate surface area is 144 Å². The molecule has 0 unspecified atom stereocenters. The number of carboxylic acids is 1. The minimum atomic E-state index is -0.997. The van der Waals surface area contributed by atoms with Crippen molar-refractivity contribution >= 4 is 17.7 Å². The van der Waals surface area contributed by atoms with Crippen molar-refractivity contribution in [2.75, 3.05) is 18.5 Å². The van der Waals surface area contributed by atoms with Gasteiger partial charge < -0.3 is 19.9 Å². The van der Waals surface area contributed by atoms with Crippen LogP contribution < -0.4 is 14.8 Å². The fraction of sp³-hybridized carbons (Fsp3) is 0.353. The van der Waals surface area contributed by atoms with Crippen LogP contribution in [0.1, 0.15) is 12.5 Å². The Balaban J connectivity index is 1.65. The molecule has 25 heavy (non-hydrogen) atoms. The Kier molecular flexibility index (Phi) is 4.87. The first-order valence-corrected chi connectivity index (χ1v) is 8.00. The van der Waals surface area contributed by atoms with Crippen molar-refractivity contribution in [2.45, 2.75) is 19.9 Å². The molecule has 0 saturated carbocycles. The zero-order chi connectivity index (χ0) is 17.8. The summed E-state index contributed by atoms with van der Waals surface area (Å²) >= 11 is 0. The van der Waals surface area contributed by atoms with E-state index in [0.717, 1.165) is 5.56 Å². The van der Waals surface area contributed by atoms with Gasteiger partial charge in [-0.25, -0.2) is 0 Å². The molecule has 1 atom stereocenters. The van der Waals surface area contributed by atoms with E-state index in [1.165, 1.54) is 10.9 Å². The topological polar surface area (TPSA) is 103 Å². The SMILES string of the molecule is CCOc1cccc2c1OC[C@@H](C(=O)Nc1ccn(CC(=O)O)n1)C2. The van der Waals surface area contributed by atoms with Gasteiger partial charge >= 0.3 is 5.97 Å². The molecule has 0 saturated heterocycles. The minimum Gasteiger partial charge on any atom is -0.490 e. The van der Waals surface area contributed by atoms with Crippen molar-refractivity contribution in [3.05, 3.63) is 36.0 Å². The average Bonchev–Trinajstić information content (AvgIpc) is 3.01. The molecule has 2 N–H and O–H groups in total. The maximum atomic E-state index is 12.4. The van der Waals surface area contributed by atoms with Gasteiger partial charge in [-0.1, -0.05) is 12.1 Å². The van der Waals surface area contributed by atoms with Gasteiger partial charge in [0, 0.05) is 12.3 Å². The molecule has 1 aromatic carbocycles. The van der Waals surface area contributed by atoms with E-state index in [0.29, 0.717) is 30.3 Å². The second-order valence-electron chi connectivity index (χ2n) is 5.67. The Morgan fingerprint density at radius 3 is 3.04 bits per heavy atom. The highest BCUT2D eigenvalue weighted by Gasteiger charge is 2.28. The molecule has 0 aliphatic carbocycles. The lowest BCUT2D eigenvalue weighted by Crippen LogP contribution is -2.33. The van der Waals surface area contributed by atoms with Crippen LogP contribution in [0.4, 0.5) is 5.82 Å². The first-order chi connectivity index (χ1) is 12.1. The van der Waals surface area contributed by atoms with Crippen molar-refractivity contribution in [2.24, 2.45) is 5.92 Å². The number of anilines is 1. The molecule has 2 heterocycles. The lowest BCUT2D eigenvalue weighted by molar-refractivity contribution is -0.137. The second-order valence-corrected chi connectivity index (χ2v) is 5.67. The van der Waals surface area contributed by atoms with Crippen molar-refractivity contribution in [3.8, 4) is 11.5 Å². The van der Waals surface area contributed by atoms with Crippen LogP contribution in [-0.2, 0) is 22.6 Å². The van der Waals surface area contributed by atoms with E-state index < -0.39 is 5.97 Å². The zero-order valence-corrected chi connectivity index (χ0v) is 13.8. The fourth-order valence-corrected chi connectivity index (χ4v) is 2.71. The first kappa shape index (κ1) is 16.8. The predicted octanol–water partition coefficient (Wildman–Crippen LogP) is 1.56. The van der Waals surface area contributed by atoms with Gasteiger partial charge in [0.1, 0.15) is 13.2 Å². The standard InChI is InChI=1S/C17H19N3O5/c1-2-24-13-5-3-4-11-8-12(10-25-16(11)13)17(23)18-14-6-7-20(19-14)9-15(21)22/h3-7,12H,2,8-10H2,1H3,(H,21,22)(H,18,19,23)/t12-/m0/s1. The third-order valence-electron chi connectivity index (χ3n) is 3.82. The van der Waals surface area contributed by atoms with Gasteiger partial charge in [0.15, 0.2) is 17.3 Å². The molecule has 1 aromatic heterocycles. The number of aromatic nitrogens is 2. The van der Waals surface area contributed by atoms with E-state index in [9.17, 15) is 9.59 Å². The van der Waals surface area contributed by atoms with E-state index in [1.54, 1.807) is 6.07 Å². The van der Waals surface area contributed by atoms with Crippen LogP contribution >= 0.6 is 0 Å². The van der Waals surface area contributed by atoms with Crippen LogP contribution in [0.2, 0.25) is 0 Å². The quantitative estimate of drug-likeness (QED) is 0.823. The van der Waals surface area contributed by atoms with Gasteiger partial charge in [0.2, 0.25) is 5.91 Å². The molecule has 3 rings (SSSR count). The van der Waals surface area contributed by atoms with Crippen molar-refractivity contribution < 1.29 is 24.2 Å². The summed E-state index contributed by atoms with van der Waals surface area (Å²) < 4.78 is 12.5. The van der Waals surface area contributed by atoms with Gasteiger partial charge in [0.25, 0.3) is 0 Å². The maximum absolute atomic E-state index is 12.4. The monoisotopic (exact) mass is 345 g/mol. The number of benzene rings is 1. The number of aliphatic carboxylic acids is 1. The minimum absolute atomic E-state index is 0.215. The summed E-state index contributed by atoms with van der Waals surface area (Å²) in [6.45, 7) is 2.44. The maximum Gasteiger partial charge on any atom is 0.325 e. The van der Waals surface area contributed by atoms with Gasteiger partial charge in [-0.15, -0.1) is 0 Å². The van der Waals surface area contributed by atoms with E-state index >= 15 is 0 Å². The number of carbonyl (C=O) groups is 2. The summed E-state index contributed by atoms with van der Waals surface area (Å²) in [5, 5.41) is 15.5. The molecule has 1 aliphatic rings. The molecule has 8 heteroatoms. The summed E-state index contributed by atoms with van der Waals surface area (Å²) in [6, 6.07) is 7.20. The number of nitrogens with zero attached hydrogens (tertiary/aromatic N) is 2. The van der Waals surface area contributed by atoms with Gasteiger partial charge in [0.05, 0.1) is 12.5 Å². The molecule has 0 radical (unpaired) electrons. The number of fused-ring (bicyclic) bond motifs is 1. The van der Waals surface area contributed by atoms with E-state index in [1.807, 2.05) is 25.1 Å². The second kappa shape index (κ2) is 7.25. The van der Waals surface area contributed by atoms with Crippen molar-refractivity contribution in [3.63, 3.8) is 0 Å². The summed E-state index contributed by atoms with van der Waals surface area (Å²) in [4.78, 5) is 23.1. The largest absolute Gasteiger partial charge is 0.490 e. The summed E-state index contributed by atoms with van der Waals surface area (Å²) in [7, 11) is 0. The van der Waals surface area contributed by atoms with Crippen molar-refractivity contribution in [1.82, 2.24) is 9.78 Å². The predicted molar refractivity (Wildman–Crippen MR) is 88.8 cm³/mol. The number of ether oxygens (including phenoxy) is 2. The Morgan fingerprint density at radius 2 is 2.28 bits per heavy atom. The number of rotatable bonds is 6. The summed E-state index contributed by atoms with van der Waals surface area (Å²) in [6.07, 6.45) is 2.04. The third kappa shape index (κ3) is 3.90. The lowest BCUT2D eigenvalue weighted by Gasteiger charge is -2.25. The Bertz CT molecular complexity index is 786. The number of hydrogen-bond acceptors (Lipinski definition) is 5. The van der Waals surface area contributed by atoms with Crippen LogP contribution in [0, 0.1) is 5.92 Å². The van der Waals surface area contributed by atoms with E-state index in [4.69, 9.17) is 14.6 Å². The highest BCUT2D eigenvalue weighted by molar-refractivity contribution is 5.92. The molecule has 1 aliphatic heterocycles. The average molecular weight is 345 g/mol. The number of carboxylic acid groups (broad SMARTS) is 1. The molecule has 0 bridgehead atoms. The molecule has 132 valence electrons. The first-order valence-electron chi connectivity index (χ1n) is 8.00. The van der Waals surface area contributed by atoms with Crippen LogP contribution in [0.5, 0.6) is 11.5 Å². The Morgan fingerprint density at radius 1 is 1.44 bits per heavy atom. The van der Waals surface area contributed by atoms with Gasteiger partial charge in [-0.05, 0) is 25.0 Å². The number of carbonyl (C=O) groups excluding carboxylic acids is 1. The van der Waals surface area contributed by atoms with Crippen LogP contribution in [0.15, 0.2) is 30.5 Å². The van der Waals surface area contributed by atoms with E-state index in [-0.39, 0.29) is 25.0 Å². The highest BCUT2D eigenvalue weighted by atomic mass is 16.5. The molecule has 2 aromatic rings. The number of para-hydroxylation sites is 1. The van der Waals surface area contributed by atoms with Gasteiger partial charge in [-0.2, -0.15) is 5.10 Å². The molecule has 0 fully saturated rings. The molecular weight excluding hydrogens is 326 g/mol. The van der Waals surface area contributed by atoms with Crippen LogP contribution in [0.25, 0.3) is 0 Å². The third-order valence-corrected chi connectivity index (χ3v) is 3.82. The molecular formula is C17H19N3O5. The van der Waals surface area contributed by atoms with Crippen LogP contribution in [-0.4, -0.2) is 40.0 Å². The number of amides is 1. The smallest absolute Gasteiger partial charge is 0.325 e. The molecule has 0 spiro atoms. The summed E-state index contributed by atoms with van der Waals surface area (Å²) in [5.41, 5.74) is 0.925.